The Bertz CT molecular complexity index is 974. The normalized spacial score (nSPS) is 10.7. The van der Waals surface area contributed by atoms with Crippen LogP contribution in [0.25, 0.3) is 5.69 Å². The van der Waals surface area contributed by atoms with E-state index in [0.717, 1.165) is 39.5 Å². The molecule has 27 heavy (non-hydrogen) atoms. The molecule has 0 atom stereocenters. The van der Waals surface area contributed by atoms with Gasteiger partial charge >= 0.3 is 6.03 Å². The number of halogens is 1. The van der Waals surface area contributed by atoms with Gasteiger partial charge in [0.05, 0.1) is 0 Å². The van der Waals surface area contributed by atoms with Crippen LogP contribution in [0.3, 0.4) is 0 Å². The Hall–Kier alpha value is -2.72. The fourth-order valence-electron chi connectivity index (χ4n) is 3.22. The topological polar surface area (TPSA) is 46.1 Å². The Balaban J connectivity index is 1.71. The number of hydrogen-bond acceptors (Lipinski definition) is 1. The summed E-state index contributed by atoms with van der Waals surface area (Å²) in [4.78, 5) is 12.3. The summed E-state index contributed by atoms with van der Waals surface area (Å²) in [6, 6.07) is 15.5. The van der Waals surface area contributed by atoms with E-state index in [2.05, 4.69) is 35.1 Å². The van der Waals surface area contributed by atoms with Gasteiger partial charge in [-0.05, 0) is 80.8 Å². The van der Waals surface area contributed by atoms with E-state index in [0.29, 0.717) is 11.6 Å². The van der Waals surface area contributed by atoms with E-state index in [1.165, 1.54) is 0 Å². The number of amides is 2. The van der Waals surface area contributed by atoms with Crippen LogP contribution in [0, 0.1) is 27.7 Å². The van der Waals surface area contributed by atoms with Crippen LogP contribution in [-0.4, -0.2) is 10.6 Å². The van der Waals surface area contributed by atoms with Crippen molar-refractivity contribution < 1.29 is 4.79 Å². The molecule has 1 aromatic heterocycles. The Morgan fingerprint density at radius 2 is 1.74 bits per heavy atom. The Morgan fingerprint density at radius 3 is 2.44 bits per heavy atom. The minimum Gasteiger partial charge on any atom is -0.334 e. The van der Waals surface area contributed by atoms with Crippen LogP contribution in [0.4, 0.5) is 10.5 Å². The van der Waals surface area contributed by atoms with Gasteiger partial charge in [0.25, 0.3) is 0 Å². The van der Waals surface area contributed by atoms with Gasteiger partial charge in [-0.15, -0.1) is 0 Å². The number of carbonyl (C=O) groups is 1. The predicted molar refractivity (Wildman–Crippen MR) is 112 cm³/mol. The highest BCUT2D eigenvalue weighted by Crippen LogP contribution is 2.22. The molecule has 0 spiro atoms. The third kappa shape index (κ3) is 4.17. The maximum Gasteiger partial charge on any atom is 0.319 e. The number of aromatic nitrogens is 1. The molecule has 5 heteroatoms. The van der Waals surface area contributed by atoms with Crippen molar-refractivity contribution in [2.24, 2.45) is 0 Å². The molecule has 4 nitrogen and oxygen atoms in total. The maximum atomic E-state index is 12.3. The maximum absolute atomic E-state index is 12.3. The summed E-state index contributed by atoms with van der Waals surface area (Å²) in [5.74, 6) is 0. The number of nitrogens with zero attached hydrogens (tertiary/aromatic N) is 1. The SMILES string of the molecule is Cc1cccc(NC(=O)NCc2cc(C)n(-c3ccc(Cl)cc3)c2C)c1C. The van der Waals surface area contributed by atoms with Crippen LogP contribution in [0.15, 0.2) is 48.5 Å². The molecule has 0 aliphatic rings. The van der Waals surface area contributed by atoms with E-state index >= 15 is 0 Å². The summed E-state index contributed by atoms with van der Waals surface area (Å²) in [5.41, 5.74) is 7.41. The van der Waals surface area contributed by atoms with E-state index in [9.17, 15) is 4.79 Å². The van der Waals surface area contributed by atoms with Gasteiger partial charge in [0.1, 0.15) is 0 Å². The molecule has 3 rings (SSSR count). The molecule has 0 saturated carbocycles. The summed E-state index contributed by atoms with van der Waals surface area (Å²) in [6.45, 7) is 8.61. The summed E-state index contributed by atoms with van der Waals surface area (Å²) >= 11 is 5.99. The fourth-order valence-corrected chi connectivity index (χ4v) is 3.35. The molecule has 0 unspecified atom stereocenters. The van der Waals surface area contributed by atoms with Crippen LogP contribution in [-0.2, 0) is 6.54 Å². The summed E-state index contributed by atoms with van der Waals surface area (Å²) in [6.07, 6.45) is 0. The highest BCUT2D eigenvalue weighted by atomic mass is 35.5. The van der Waals surface area contributed by atoms with Crippen molar-refractivity contribution in [3.8, 4) is 5.69 Å². The number of anilines is 1. The van der Waals surface area contributed by atoms with Gasteiger partial charge in [-0.25, -0.2) is 4.79 Å². The van der Waals surface area contributed by atoms with Crippen LogP contribution >= 0.6 is 11.6 Å². The molecule has 0 saturated heterocycles. The quantitative estimate of drug-likeness (QED) is 0.599. The lowest BCUT2D eigenvalue weighted by Crippen LogP contribution is -2.28. The molecule has 0 aliphatic heterocycles. The Morgan fingerprint density at radius 1 is 1.04 bits per heavy atom. The average molecular weight is 382 g/mol. The molecule has 0 bridgehead atoms. The lowest BCUT2D eigenvalue weighted by atomic mass is 10.1. The molecule has 2 N–H and O–H groups in total. The van der Waals surface area contributed by atoms with E-state index in [4.69, 9.17) is 11.6 Å². The van der Waals surface area contributed by atoms with Gasteiger partial charge in [-0.1, -0.05) is 23.7 Å². The largest absolute Gasteiger partial charge is 0.334 e. The third-order valence-corrected chi connectivity index (χ3v) is 5.16. The van der Waals surface area contributed by atoms with Crippen LogP contribution < -0.4 is 10.6 Å². The van der Waals surface area contributed by atoms with Gasteiger partial charge in [0, 0.05) is 34.3 Å². The van der Waals surface area contributed by atoms with Crippen LogP contribution in [0.1, 0.15) is 28.1 Å². The summed E-state index contributed by atoms with van der Waals surface area (Å²) < 4.78 is 2.16. The number of carbonyl (C=O) groups excluding carboxylic acids is 1. The predicted octanol–water partition coefficient (Wildman–Crippen LogP) is 5.69. The van der Waals surface area contributed by atoms with E-state index in [1.807, 2.05) is 56.3 Å². The number of nitrogens with one attached hydrogen (secondary N) is 2. The molecule has 2 aromatic carbocycles. The van der Waals surface area contributed by atoms with Gasteiger partial charge in [-0.2, -0.15) is 0 Å². The number of rotatable bonds is 4. The zero-order valence-electron chi connectivity index (χ0n) is 16.1. The number of hydrogen-bond donors (Lipinski definition) is 2. The number of aryl methyl sites for hydroxylation is 2. The summed E-state index contributed by atoms with van der Waals surface area (Å²) in [5, 5.41) is 6.59. The van der Waals surface area contributed by atoms with E-state index < -0.39 is 0 Å². The zero-order valence-corrected chi connectivity index (χ0v) is 16.8. The van der Waals surface area contributed by atoms with Crippen molar-refractivity contribution in [3.63, 3.8) is 0 Å². The minimum absolute atomic E-state index is 0.208. The van der Waals surface area contributed by atoms with Crippen molar-refractivity contribution >= 4 is 23.3 Å². The molecule has 0 aliphatic carbocycles. The van der Waals surface area contributed by atoms with Crippen LogP contribution in [0.5, 0.6) is 0 Å². The van der Waals surface area contributed by atoms with E-state index in [-0.39, 0.29) is 6.03 Å². The zero-order chi connectivity index (χ0) is 19.6. The van der Waals surface area contributed by atoms with E-state index in [1.54, 1.807) is 0 Å². The molecule has 2 amide bonds. The van der Waals surface area contributed by atoms with Crippen molar-refractivity contribution in [2.75, 3.05) is 5.32 Å². The first-order valence-corrected chi connectivity index (χ1v) is 9.29. The molecule has 0 fully saturated rings. The highest BCUT2D eigenvalue weighted by molar-refractivity contribution is 6.30. The summed E-state index contributed by atoms with van der Waals surface area (Å²) in [7, 11) is 0. The monoisotopic (exact) mass is 381 g/mol. The van der Waals surface area contributed by atoms with Gasteiger partial charge in [0.15, 0.2) is 0 Å². The second-order valence-electron chi connectivity index (χ2n) is 6.76. The highest BCUT2D eigenvalue weighted by Gasteiger charge is 2.12. The first-order chi connectivity index (χ1) is 12.9. The number of benzene rings is 2. The molecule has 1 heterocycles. The number of urea groups is 1. The second-order valence-corrected chi connectivity index (χ2v) is 7.20. The Kier molecular flexibility index (Phi) is 5.57. The minimum atomic E-state index is -0.208. The molecule has 0 radical (unpaired) electrons. The molecular formula is C22H24ClN3O. The van der Waals surface area contributed by atoms with Crippen molar-refractivity contribution in [1.29, 1.82) is 0 Å². The van der Waals surface area contributed by atoms with Crippen molar-refractivity contribution in [3.05, 3.63) is 81.6 Å². The Labute approximate surface area is 165 Å². The first-order valence-electron chi connectivity index (χ1n) is 8.91. The smallest absolute Gasteiger partial charge is 0.319 e. The van der Waals surface area contributed by atoms with Gasteiger partial charge < -0.3 is 15.2 Å². The van der Waals surface area contributed by atoms with Crippen molar-refractivity contribution in [1.82, 2.24) is 9.88 Å². The first kappa shape index (κ1) is 19.1. The molecular weight excluding hydrogens is 358 g/mol. The lowest BCUT2D eigenvalue weighted by molar-refractivity contribution is 0.251. The second kappa shape index (κ2) is 7.89. The van der Waals surface area contributed by atoms with Gasteiger partial charge in [0.2, 0.25) is 0 Å². The third-order valence-electron chi connectivity index (χ3n) is 4.91. The molecule has 3 aromatic rings. The lowest BCUT2D eigenvalue weighted by Gasteiger charge is -2.12. The van der Waals surface area contributed by atoms with Crippen LogP contribution in [0.2, 0.25) is 5.02 Å². The molecule has 140 valence electrons. The average Bonchev–Trinajstić information content (AvgIpc) is 2.92. The van der Waals surface area contributed by atoms with Crippen molar-refractivity contribution in [2.45, 2.75) is 34.2 Å². The standard InChI is InChI=1S/C22H24ClN3O/c1-14-6-5-7-21(16(14)3)25-22(27)24-13-18-12-15(2)26(17(18)4)20-10-8-19(23)9-11-20/h5-12H,13H2,1-4H3,(H2,24,25,27). The van der Waals surface area contributed by atoms with Gasteiger partial charge in [-0.3, -0.25) is 0 Å². The fraction of sp³-hybridized carbons (Fsp3) is 0.227.